The molecule has 31 heavy (non-hydrogen) atoms. The van der Waals surface area contributed by atoms with E-state index in [0.717, 1.165) is 46.4 Å². The lowest BCUT2D eigenvalue weighted by Crippen LogP contribution is -2.18. The number of aromatic nitrogens is 2. The van der Waals surface area contributed by atoms with Gasteiger partial charge in [0.2, 0.25) is 0 Å². The monoisotopic (exact) mass is 408 g/mol. The molecular weight excluding hydrogens is 384 g/mol. The highest BCUT2D eigenvalue weighted by atomic mass is 15.1. The first kappa shape index (κ1) is 20.3. The number of allylic oxidation sites excluding steroid dienone is 1. The summed E-state index contributed by atoms with van der Waals surface area (Å²) in [5.74, 6) is 0. The van der Waals surface area contributed by atoms with Crippen LogP contribution < -0.4 is 10.6 Å². The minimum absolute atomic E-state index is 0.223. The Morgan fingerprint density at radius 1 is 0.903 bits per heavy atom. The second-order valence-electron chi connectivity index (χ2n) is 7.16. The first-order chi connectivity index (χ1) is 15.2. The molecule has 2 aliphatic rings. The van der Waals surface area contributed by atoms with Gasteiger partial charge in [-0.1, -0.05) is 30.0 Å². The lowest BCUT2D eigenvalue weighted by Gasteiger charge is -2.14. The maximum absolute atomic E-state index is 4.71. The number of rotatable bonds is 2. The van der Waals surface area contributed by atoms with E-state index in [1.165, 1.54) is 0 Å². The van der Waals surface area contributed by atoms with Gasteiger partial charge in [-0.3, -0.25) is 20.0 Å². The Balaban J connectivity index is 0.000000177. The summed E-state index contributed by atoms with van der Waals surface area (Å²) in [6, 6.07) is 19.7. The zero-order chi connectivity index (χ0) is 21.5. The van der Waals surface area contributed by atoms with Gasteiger partial charge in [0.1, 0.15) is 0 Å². The van der Waals surface area contributed by atoms with E-state index in [4.69, 9.17) is 4.99 Å². The number of anilines is 1. The van der Waals surface area contributed by atoms with Gasteiger partial charge >= 0.3 is 0 Å². The van der Waals surface area contributed by atoms with E-state index in [9.17, 15) is 0 Å². The van der Waals surface area contributed by atoms with Crippen LogP contribution in [0.4, 0.5) is 11.4 Å². The molecule has 0 aliphatic carbocycles. The Labute approximate surface area is 182 Å². The summed E-state index contributed by atoms with van der Waals surface area (Å²) in [6.45, 7) is 4.86. The van der Waals surface area contributed by atoms with Crippen LogP contribution in [-0.4, -0.2) is 27.9 Å². The predicted octanol–water partition coefficient (Wildman–Crippen LogP) is 4.83. The van der Waals surface area contributed by atoms with Crippen molar-refractivity contribution in [2.75, 3.05) is 11.9 Å². The highest BCUT2D eigenvalue weighted by Gasteiger charge is 2.15. The number of hydrogen-bond acceptors (Lipinski definition) is 6. The van der Waals surface area contributed by atoms with Crippen LogP contribution in [0.2, 0.25) is 0 Å². The average Bonchev–Trinajstić information content (AvgIpc) is 3.02. The first-order valence-electron chi connectivity index (χ1n) is 10.2. The highest BCUT2D eigenvalue weighted by Crippen LogP contribution is 2.26. The van der Waals surface area contributed by atoms with Crippen molar-refractivity contribution in [2.45, 2.75) is 20.0 Å². The standard InChI is InChI=1S/C16H14N4.C9H10N2/c1-12-8-9-14(13-6-2-4-10-17-13)20-16(19-12)15-7-3-5-11-18-15;1-7-6-10-8-4-2-3-5-9(8)11-7/h2-7,9-11,16,19H,1H3;2-5,10H,6H2,1H3. The molecule has 0 spiro atoms. The Morgan fingerprint density at radius 3 is 2.45 bits per heavy atom. The molecule has 6 heteroatoms. The van der Waals surface area contributed by atoms with Crippen LogP contribution in [0.1, 0.15) is 31.4 Å². The maximum atomic E-state index is 4.71. The Hall–Kier alpha value is -4.02. The molecule has 4 heterocycles. The second kappa shape index (κ2) is 9.65. The van der Waals surface area contributed by atoms with E-state index in [1.807, 2.05) is 80.6 Å². The van der Waals surface area contributed by atoms with E-state index in [0.29, 0.717) is 0 Å². The van der Waals surface area contributed by atoms with Gasteiger partial charge in [0.05, 0.1) is 40.7 Å². The zero-order valence-corrected chi connectivity index (χ0v) is 17.6. The molecule has 0 saturated heterocycles. The molecule has 2 N–H and O–H groups in total. The molecule has 1 aromatic carbocycles. The first-order valence-corrected chi connectivity index (χ1v) is 10.2. The fourth-order valence-corrected chi connectivity index (χ4v) is 3.15. The molecular formula is C25H24N6. The van der Waals surface area contributed by atoms with Crippen molar-refractivity contribution < 1.29 is 0 Å². The van der Waals surface area contributed by atoms with Crippen LogP contribution in [0.25, 0.3) is 0 Å². The fourth-order valence-electron chi connectivity index (χ4n) is 3.15. The van der Waals surface area contributed by atoms with E-state index >= 15 is 0 Å². The minimum Gasteiger partial charge on any atom is -0.378 e. The number of aliphatic imine (C=N–C) groups is 2. The summed E-state index contributed by atoms with van der Waals surface area (Å²) in [5.41, 5.74) is 9.93. The molecule has 0 bridgehead atoms. The van der Waals surface area contributed by atoms with Gasteiger partial charge in [0.25, 0.3) is 0 Å². The predicted molar refractivity (Wildman–Crippen MR) is 126 cm³/mol. The number of pyridine rings is 2. The number of hydrogen-bond donors (Lipinski definition) is 2. The second-order valence-corrected chi connectivity index (χ2v) is 7.16. The quantitative estimate of drug-likeness (QED) is 0.596. The van der Waals surface area contributed by atoms with Gasteiger partial charge in [-0.25, -0.2) is 0 Å². The van der Waals surface area contributed by atoms with Crippen LogP contribution in [0, 0.1) is 0 Å². The molecule has 6 nitrogen and oxygen atoms in total. The summed E-state index contributed by atoms with van der Waals surface area (Å²) in [6.07, 6.45) is 5.16. The lowest BCUT2D eigenvalue weighted by atomic mass is 10.2. The molecule has 1 atom stereocenters. The van der Waals surface area contributed by atoms with E-state index in [1.54, 1.807) is 12.4 Å². The van der Waals surface area contributed by atoms with Crippen molar-refractivity contribution in [1.29, 1.82) is 0 Å². The number of fused-ring (bicyclic) bond motifs is 1. The third-order valence-electron chi connectivity index (χ3n) is 4.69. The minimum atomic E-state index is -0.223. The molecule has 0 amide bonds. The topological polar surface area (TPSA) is 74.6 Å². The average molecular weight is 409 g/mol. The summed E-state index contributed by atoms with van der Waals surface area (Å²) < 4.78 is 0. The van der Waals surface area contributed by atoms with Gasteiger partial charge in [0, 0.05) is 24.2 Å². The molecule has 3 aromatic rings. The van der Waals surface area contributed by atoms with E-state index in [2.05, 4.69) is 31.3 Å². The molecule has 0 fully saturated rings. The van der Waals surface area contributed by atoms with Crippen molar-refractivity contribution in [3.63, 3.8) is 0 Å². The normalized spacial score (nSPS) is 16.7. The number of nitrogens with one attached hydrogen (secondary N) is 2. The van der Waals surface area contributed by atoms with Gasteiger partial charge < -0.3 is 10.6 Å². The van der Waals surface area contributed by atoms with Gasteiger partial charge in [-0.2, -0.15) is 0 Å². The Kier molecular flexibility index (Phi) is 6.31. The smallest absolute Gasteiger partial charge is 0.162 e. The van der Waals surface area contributed by atoms with Crippen molar-refractivity contribution in [3.05, 3.63) is 102 Å². The van der Waals surface area contributed by atoms with Crippen LogP contribution in [0.15, 0.2) is 101 Å². The molecule has 2 aliphatic heterocycles. The number of benzene rings is 1. The lowest BCUT2D eigenvalue weighted by molar-refractivity contribution is 0.613. The molecule has 1 unspecified atom stereocenters. The molecule has 2 aromatic heterocycles. The van der Waals surface area contributed by atoms with Crippen LogP contribution in [0.5, 0.6) is 0 Å². The number of para-hydroxylation sites is 2. The van der Waals surface area contributed by atoms with Crippen LogP contribution >= 0.6 is 0 Å². The van der Waals surface area contributed by atoms with Gasteiger partial charge in [-0.05, 0) is 50.2 Å². The molecule has 0 saturated carbocycles. The van der Waals surface area contributed by atoms with Gasteiger partial charge in [-0.15, -0.1) is 0 Å². The fraction of sp³-hybridized carbons (Fsp3) is 0.160. The summed E-state index contributed by atoms with van der Waals surface area (Å²) >= 11 is 0. The Bertz CT molecular complexity index is 1160. The van der Waals surface area contributed by atoms with Crippen LogP contribution in [-0.2, 0) is 0 Å². The van der Waals surface area contributed by atoms with E-state index < -0.39 is 0 Å². The van der Waals surface area contributed by atoms with Crippen molar-refractivity contribution in [1.82, 2.24) is 15.3 Å². The van der Waals surface area contributed by atoms with Crippen molar-refractivity contribution >= 4 is 22.8 Å². The largest absolute Gasteiger partial charge is 0.378 e. The molecule has 154 valence electrons. The third kappa shape index (κ3) is 5.32. The number of nitrogens with zero attached hydrogens (tertiary/aromatic N) is 4. The third-order valence-corrected chi connectivity index (χ3v) is 4.69. The molecule has 0 radical (unpaired) electrons. The van der Waals surface area contributed by atoms with Crippen LogP contribution in [0.3, 0.4) is 0 Å². The summed E-state index contributed by atoms with van der Waals surface area (Å²) in [7, 11) is 0. The summed E-state index contributed by atoms with van der Waals surface area (Å²) in [5, 5.41) is 6.57. The zero-order valence-electron chi connectivity index (χ0n) is 17.6. The van der Waals surface area contributed by atoms with E-state index in [-0.39, 0.29) is 6.17 Å². The molecule has 5 rings (SSSR count). The van der Waals surface area contributed by atoms with Crippen molar-refractivity contribution in [2.24, 2.45) is 9.98 Å². The van der Waals surface area contributed by atoms with Crippen molar-refractivity contribution in [3.8, 4) is 0 Å². The van der Waals surface area contributed by atoms with Gasteiger partial charge in [0.15, 0.2) is 6.17 Å². The summed E-state index contributed by atoms with van der Waals surface area (Å²) in [4.78, 5) is 17.8. The SMILES string of the molecule is CC1=C=CC(c2ccccn2)=NC(c2ccccn2)N1.CC1=Nc2ccccc2NC1. The maximum Gasteiger partial charge on any atom is 0.162 e. The highest BCUT2D eigenvalue weighted by molar-refractivity contribution is 6.07. The Morgan fingerprint density at radius 2 is 1.68 bits per heavy atom.